The summed E-state index contributed by atoms with van der Waals surface area (Å²) in [6.45, 7) is 7.87. The quantitative estimate of drug-likeness (QED) is 0.427. The van der Waals surface area contributed by atoms with Gasteiger partial charge >= 0.3 is 5.97 Å². The maximum absolute atomic E-state index is 12.9. The molecule has 0 bridgehead atoms. The number of Topliss-reactive ketones (excluding diaryl/α,β-unsaturated/α-hetero) is 1. The third-order valence-corrected chi connectivity index (χ3v) is 5.63. The molecule has 0 atom stereocenters. The highest BCUT2D eigenvalue weighted by Crippen LogP contribution is 2.38. The normalized spacial score (nSPS) is 13.7. The molecule has 31 heavy (non-hydrogen) atoms. The SMILES string of the molecule is Cc1cc(C(=O)COC(=O)c2nn(CC(C)C)c(=O)c3ccccc23)c(C)n1C1CC1. The summed E-state index contributed by atoms with van der Waals surface area (Å²) in [4.78, 5) is 38.3. The molecule has 1 aliphatic rings. The van der Waals surface area contributed by atoms with Crippen LogP contribution in [-0.4, -0.2) is 32.7 Å². The smallest absolute Gasteiger partial charge is 0.359 e. The lowest BCUT2D eigenvalue weighted by Crippen LogP contribution is -2.28. The van der Waals surface area contributed by atoms with Gasteiger partial charge < -0.3 is 9.30 Å². The number of fused-ring (bicyclic) bond motifs is 1. The number of nitrogens with zero attached hydrogens (tertiary/aromatic N) is 3. The van der Waals surface area contributed by atoms with Crippen molar-refractivity contribution in [1.82, 2.24) is 14.3 Å². The van der Waals surface area contributed by atoms with Gasteiger partial charge in [0.15, 0.2) is 12.3 Å². The van der Waals surface area contributed by atoms with Crippen molar-refractivity contribution in [3.63, 3.8) is 0 Å². The van der Waals surface area contributed by atoms with Gasteiger partial charge in [0, 0.05) is 34.9 Å². The van der Waals surface area contributed by atoms with Crippen LogP contribution in [0.1, 0.15) is 65.0 Å². The zero-order chi connectivity index (χ0) is 22.3. The van der Waals surface area contributed by atoms with Crippen LogP contribution in [0.4, 0.5) is 0 Å². The third-order valence-electron chi connectivity index (χ3n) is 5.63. The summed E-state index contributed by atoms with van der Waals surface area (Å²) >= 11 is 0. The first-order chi connectivity index (χ1) is 14.8. The Morgan fingerprint density at radius 2 is 1.84 bits per heavy atom. The molecular weight excluding hydrogens is 394 g/mol. The minimum absolute atomic E-state index is 0.0482. The highest BCUT2D eigenvalue weighted by molar-refractivity contribution is 6.04. The molecule has 1 aliphatic carbocycles. The lowest BCUT2D eigenvalue weighted by atomic mass is 10.1. The summed E-state index contributed by atoms with van der Waals surface area (Å²) in [5.74, 6) is -0.773. The highest BCUT2D eigenvalue weighted by Gasteiger charge is 2.28. The molecule has 1 fully saturated rings. The largest absolute Gasteiger partial charge is 0.452 e. The van der Waals surface area contributed by atoms with Crippen LogP contribution in [-0.2, 0) is 11.3 Å². The Balaban J connectivity index is 1.59. The second kappa shape index (κ2) is 8.13. The zero-order valence-electron chi connectivity index (χ0n) is 18.3. The number of benzene rings is 1. The molecule has 0 amide bonds. The van der Waals surface area contributed by atoms with E-state index in [2.05, 4.69) is 9.67 Å². The number of ketones is 1. The molecule has 3 aromatic rings. The van der Waals surface area contributed by atoms with Crippen LogP contribution >= 0.6 is 0 Å². The first kappa shape index (κ1) is 21.0. The van der Waals surface area contributed by atoms with Gasteiger partial charge in [-0.05, 0) is 44.7 Å². The van der Waals surface area contributed by atoms with Crippen molar-refractivity contribution in [2.45, 2.75) is 53.1 Å². The lowest BCUT2D eigenvalue weighted by molar-refractivity contribution is 0.0468. The van der Waals surface area contributed by atoms with E-state index in [4.69, 9.17) is 4.74 Å². The van der Waals surface area contributed by atoms with Gasteiger partial charge in [-0.1, -0.05) is 32.0 Å². The van der Waals surface area contributed by atoms with Crippen LogP contribution in [0.2, 0.25) is 0 Å². The Hall–Kier alpha value is -3.22. The molecule has 162 valence electrons. The predicted molar refractivity (Wildman–Crippen MR) is 118 cm³/mol. The van der Waals surface area contributed by atoms with Crippen LogP contribution in [0, 0.1) is 19.8 Å². The molecule has 4 rings (SSSR count). The van der Waals surface area contributed by atoms with E-state index in [1.165, 1.54) is 4.68 Å². The second-order valence-electron chi connectivity index (χ2n) is 8.66. The molecule has 0 radical (unpaired) electrons. The number of aryl methyl sites for hydroxylation is 1. The summed E-state index contributed by atoms with van der Waals surface area (Å²) in [5, 5.41) is 5.11. The van der Waals surface area contributed by atoms with E-state index in [9.17, 15) is 14.4 Å². The van der Waals surface area contributed by atoms with E-state index in [1.54, 1.807) is 24.3 Å². The summed E-state index contributed by atoms with van der Waals surface area (Å²) in [5.41, 5.74) is 2.34. The number of hydrogen-bond donors (Lipinski definition) is 0. The van der Waals surface area contributed by atoms with Crippen molar-refractivity contribution in [3.8, 4) is 0 Å². The van der Waals surface area contributed by atoms with Crippen LogP contribution in [0.3, 0.4) is 0 Å². The minimum Gasteiger partial charge on any atom is -0.452 e. The van der Waals surface area contributed by atoms with E-state index >= 15 is 0 Å². The maximum Gasteiger partial charge on any atom is 0.359 e. The highest BCUT2D eigenvalue weighted by atomic mass is 16.5. The standard InChI is InChI=1S/C24H27N3O4/c1-14(2)12-26-23(29)19-8-6-5-7-18(19)22(25-26)24(30)31-13-21(28)20-11-15(3)27(16(20)4)17-9-10-17/h5-8,11,14,17H,9-10,12-13H2,1-4H3. The summed E-state index contributed by atoms with van der Waals surface area (Å²) in [6.07, 6.45) is 2.26. The van der Waals surface area contributed by atoms with Crippen LogP contribution in [0.15, 0.2) is 35.1 Å². The number of carbonyl (C=O) groups excluding carboxylic acids is 2. The maximum atomic E-state index is 12.9. The van der Waals surface area contributed by atoms with Crippen molar-refractivity contribution in [2.24, 2.45) is 5.92 Å². The molecule has 0 saturated heterocycles. The van der Waals surface area contributed by atoms with Crippen molar-refractivity contribution in [3.05, 3.63) is 63.3 Å². The number of ether oxygens (including phenoxy) is 1. The Labute approximate surface area is 180 Å². The van der Waals surface area contributed by atoms with Crippen LogP contribution in [0.25, 0.3) is 10.8 Å². The second-order valence-corrected chi connectivity index (χ2v) is 8.66. The number of carbonyl (C=O) groups is 2. The van der Waals surface area contributed by atoms with E-state index in [1.807, 2.05) is 33.8 Å². The molecular formula is C24H27N3O4. The minimum atomic E-state index is -0.710. The number of aromatic nitrogens is 3. The summed E-state index contributed by atoms with van der Waals surface area (Å²) in [6, 6.07) is 9.17. The van der Waals surface area contributed by atoms with Gasteiger partial charge in [-0.2, -0.15) is 5.10 Å². The van der Waals surface area contributed by atoms with Gasteiger partial charge in [-0.25, -0.2) is 9.48 Å². The van der Waals surface area contributed by atoms with Crippen molar-refractivity contribution >= 4 is 22.5 Å². The molecule has 0 aliphatic heterocycles. The Morgan fingerprint density at radius 3 is 2.48 bits per heavy atom. The molecule has 2 aromatic heterocycles. The fraction of sp³-hybridized carbons (Fsp3) is 0.417. The number of esters is 1. The molecule has 0 spiro atoms. The average Bonchev–Trinajstić information content (AvgIpc) is 3.52. The topological polar surface area (TPSA) is 83.2 Å². The van der Waals surface area contributed by atoms with E-state index in [-0.39, 0.29) is 29.6 Å². The first-order valence-electron chi connectivity index (χ1n) is 10.7. The van der Waals surface area contributed by atoms with Crippen molar-refractivity contribution in [1.29, 1.82) is 0 Å². The van der Waals surface area contributed by atoms with Crippen molar-refractivity contribution < 1.29 is 14.3 Å². The lowest BCUT2D eigenvalue weighted by Gasteiger charge is -2.12. The monoisotopic (exact) mass is 421 g/mol. The molecule has 7 nitrogen and oxygen atoms in total. The van der Waals surface area contributed by atoms with Gasteiger partial charge in [-0.3, -0.25) is 9.59 Å². The van der Waals surface area contributed by atoms with Crippen LogP contribution in [0.5, 0.6) is 0 Å². The molecule has 1 aromatic carbocycles. The Bertz CT molecular complexity index is 1230. The fourth-order valence-corrected chi connectivity index (χ4v) is 4.09. The van der Waals surface area contributed by atoms with E-state index in [0.29, 0.717) is 28.9 Å². The van der Waals surface area contributed by atoms with Gasteiger partial charge in [0.2, 0.25) is 5.78 Å². The molecule has 7 heteroatoms. The van der Waals surface area contributed by atoms with Gasteiger partial charge in [0.05, 0.1) is 5.39 Å². The van der Waals surface area contributed by atoms with Gasteiger partial charge in [0.25, 0.3) is 5.56 Å². The average molecular weight is 421 g/mol. The van der Waals surface area contributed by atoms with Gasteiger partial charge in [0.1, 0.15) is 0 Å². The van der Waals surface area contributed by atoms with E-state index in [0.717, 1.165) is 24.2 Å². The molecule has 0 unspecified atom stereocenters. The first-order valence-corrected chi connectivity index (χ1v) is 10.7. The zero-order valence-corrected chi connectivity index (χ0v) is 18.3. The van der Waals surface area contributed by atoms with E-state index < -0.39 is 5.97 Å². The predicted octanol–water partition coefficient (Wildman–Crippen LogP) is 3.85. The number of hydrogen-bond acceptors (Lipinski definition) is 5. The molecule has 0 N–H and O–H groups in total. The van der Waals surface area contributed by atoms with Gasteiger partial charge in [-0.15, -0.1) is 0 Å². The van der Waals surface area contributed by atoms with Crippen molar-refractivity contribution in [2.75, 3.05) is 6.61 Å². The Morgan fingerprint density at radius 1 is 1.16 bits per heavy atom. The summed E-state index contributed by atoms with van der Waals surface area (Å²) in [7, 11) is 0. The number of rotatable bonds is 7. The molecule has 1 saturated carbocycles. The fourth-order valence-electron chi connectivity index (χ4n) is 4.09. The van der Waals surface area contributed by atoms with Crippen LogP contribution < -0.4 is 5.56 Å². The molecule has 2 heterocycles. The Kier molecular flexibility index (Phi) is 5.52. The third kappa shape index (κ3) is 4.04. The summed E-state index contributed by atoms with van der Waals surface area (Å²) < 4.78 is 8.84.